The number of rotatable bonds is 5. The zero-order valence-electron chi connectivity index (χ0n) is 31.8. The lowest BCUT2D eigenvalue weighted by molar-refractivity contribution is 0.669. The summed E-state index contributed by atoms with van der Waals surface area (Å²) < 4.78 is 8.78. The maximum absolute atomic E-state index is 6.42. The Hall–Kier alpha value is -8.02. The van der Waals surface area contributed by atoms with Crippen LogP contribution in [-0.2, 0) is 0 Å². The van der Waals surface area contributed by atoms with Gasteiger partial charge in [-0.15, -0.1) is 0 Å². The quantitative estimate of drug-likeness (QED) is 0.176. The lowest BCUT2D eigenvalue weighted by atomic mass is 9.99. The summed E-state index contributed by atoms with van der Waals surface area (Å²) in [5, 5.41) is 4.59. The molecule has 0 radical (unpaired) electrons. The van der Waals surface area contributed by atoms with Crippen LogP contribution in [0.25, 0.3) is 95.4 Å². The molecular formula is C54H34N4O. The van der Waals surface area contributed by atoms with E-state index in [4.69, 9.17) is 14.4 Å². The summed E-state index contributed by atoms with van der Waals surface area (Å²) in [4.78, 5) is 12.8. The van der Waals surface area contributed by atoms with E-state index in [1.807, 2.05) is 36.4 Å². The van der Waals surface area contributed by atoms with E-state index in [0.29, 0.717) is 5.82 Å². The van der Waals surface area contributed by atoms with Crippen molar-refractivity contribution in [2.24, 2.45) is 0 Å². The van der Waals surface area contributed by atoms with Crippen LogP contribution in [0.2, 0.25) is 0 Å². The first-order valence-corrected chi connectivity index (χ1v) is 19.9. The Morgan fingerprint density at radius 2 is 1.03 bits per heavy atom. The Labute approximate surface area is 340 Å². The highest BCUT2D eigenvalue weighted by Gasteiger charge is 2.25. The Bertz CT molecular complexity index is 3380. The van der Waals surface area contributed by atoms with E-state index in [2.05, 4.69) is 179 Å². The van der Waals surface area contributed by atoms with E-state index in [1.165, 1.54) is 21.8 Å². The van der Waals surface area contributed by atoms with E-state index < -0.39 is 0 Å². The molecule has 276 valence electrons. The highest BCUT2D eigenvalue weighted by atomic mass is 16.3. The molecule has 5 heteroatoms. The second-order valence-corrected chi connectivity index (χ2v) is 15.0. The van der Waals surface area contributed by atoms with Crippen molar-refractivity contribution in [3.8, 4) is 39.5 Å². The summed E-state index contributed by atoms with van der Waals surface area (Å²) in [5.41, 5.74) is 14.5. The lowest BCUT2D eigenvalue weighted by Crippen LogP contribution is -2.14. The first-order valence-electron chi connectivity index (χ1n) is 19.9. The minimum absolute atomic E-state index is 0.664. The molecule has 0 N–H and O–H groups in total. The second kappa shape index (κ2) is 13.3. The van der Waals surface area contributed by atoms with Crippen molar-refractivity contribution >= 4 is 73.1 Å². The molecule has 4 heterocycles. The van der Waals surface area contributed by atoms with Gasteiger partial charge in [-0.2, -0.15) is 0 Å². The van der Waals surface area contributed by atoms with Crippen LogP contribution >= 0.6 is 0 Å². The molecule has 0 saturated carbocycles. The fourth-order valence-corrected chi connectivity index (χ4v) is 8.76. The van der Waals surface area contributed by atoms with Crippen LogP contribution in [0.4, 0.5) is 17.2 Å². The predicted molar refractivity (Wildman–Crippen MR) is 244 cm³/mol. The molecule has 0 fully saturated rings. The molecule has 0 amide bonds. The molecule has 0 spiro atoms. The Kier molecular flexibility index (Phi) is 7.47. The summed E-state index contributed by atoms with van der Waals surface area (Å²) in [6, 6.07) is 68.3. The molecule has 3 aromatic heterocycles. The van der Waals surface area contributed by atoms with Crippen molar-refractivity contribution in [3.63, 3.8) is 0 Å². The van der Waals surface area contributed by atoms with Gasteiger partial charge in [0.1, 0.15) is 17.0 Å². The molecule has 0 unspecified atom stereocenters. The monoisotopic (exact) mass is 754 g/mol. The Morgan fingerprint density at radius 1 is 0.390 bits per heavy atom. The Morgan fingerprint density at radius 3 is 1.85 bits per heavy atom. The predicted octanol–water partition coefficient (Wildman–Crippen LogP) is 14.4. The lowest BCUT2D eigenvalue weighted by Gasteiger charge is -2.27. The third kappa shape index (κ3) is 5.47. The van der Waals surface area contributed by atoms with Gasteiger partial charge < -0.3 is 8.98 Å². The fraction of sp³-hybridized carbons (Fsp3) is 0. The van der Waals surface area contributed by atoms with Crippen LogP contribution in [-0.4, -0.2) is 14.5 Å². The highest BCUT2D eigenvalue weighted by Crippen LogP contribution is 2.46. The molecule has 1 aliphatic heterocycles. The number of hydrogen-bond donors (Lipinski definition) is 0. The van der Waals surface area contributed by atoms with Gasteiger partial charge in [-0.05, 0) is 77.4 Å². The molecule has 59 heavy (non-hydrogen) atoms. The fourth-order valence-electron chi connectivity index (χ4n) is 8.76. The summed E-state index contributed by atoms with van der Waals surface area (Å²) >= 11 is 0. The van der Waals surface area contributed by atoms with Gasteiger partial charge >= 0.3 is 0 Å². The number of benzene rings is 8. The molecule has 0 aliphatic carbocycles. The van der Waals surface area contributed by atoms with E-state index >= 15 is 0 Å². The maximum Gasteiger partial charge on any atom is 0.162 e. The van der Waals surface area contributed by atoms with Crippen molar-refractivity contribution < 1.29 is 4.42 Å². The zero-order valence-corrected chi connectivity index (χ0v) is 31.8. The number of para-hydroxylation sites is 3. The number of hydrogen-bond acceptors (Lipinski definition) is 4. The molecule has 12 rings (SSSR count). The van der Waals surface area contributed by atoms with Gasteiger partial charge in [0.05, 0.1) is 28.1 Å². The SMILES string of the molecule is C1=Cc2cc3oc4ccccc4c3cc2N(c2cc(-c3ccccc3)nc(-c3ccccc3)n2)c2ccc(-c3ccc4c(c3)c3ccccc3n4-c3ccccc3)cc21. The smallest absolute Gasteiger partial charge is 0.162 e. The van der Waals surface area contributed by atoms with Crippen molar-refractivity contribution in [1.82, 2.24) is 14.5 Å². The average molecular weight is 755 g/mol. The summed E-state index contributed by atoms with van der Waals surface area (Å²) in [6.07, 6.45) is 4.43. The van der Waals surface area contributed by atoms with E-state index in [0.717, 1.165) is 83.9 Å². The molecule has 0 bridgehead atoms. The van der Waals surface area contributed by atoms with Gasteiger partial charge in [-0.25, -0.2) is 9.97 Å². The first-order chi connectivity index (χ1) is 29.2. The zero-order chi connectivity index (χ0) is 38.9. The van der Waals surface area contributed by atoms with E-state index in [9.17, 15) is 0 Å². The van der Waals surface area contributed by atoms with Crippen LogP contribution in [0, 0.1) is 0 Å². The van der Waals surface area contributed by atoms with Gasteiger partial charge in [0.15, 0.2) is 5.82 Å². The summed E-state index contributed by atoms with van der Waals surface area (Å²) in [5.74, 6) is 1.44. The Balaban J connectivity index is 1.07. The van der Waals surface area contributed by atoms with Crippen molar-refractivity contribution in [3.05, 3.63) is 205 Å². The molecule has 8 aromatic carbocycles. The van der Waals surface area contributed by atoms with Crippen LogP contribution in [0.1, 0.15) is 11.1 Å². The van der Waals surface area contributed by atoms with Crippen LogP contribution in [0.15, 0.2) is 199 Å². The minimum atomic E-state index is 0.664. The van der Waals surface area contributed by atoms with Crippen LogP contribution < -0.4 is 4.90 Å². The van der Waals surface area contributed by atoms with E-state index in [1.54, 1.807) is 0 Å². The summed E-state index contributed by atoms with van der Waals surface area (Å²) in [6.45, 7) is 0. The van der Waals surface area contributed by atoms with Gasteiger partial charge in [0, 0.05) is 50.0 Å². The first kappa shape index (κ1) is 33.2. The molecule has 11 aromatic rings. The third-order valence-corrected chi connectivity index (χ3v) is 11.5. The minimum Gasteiger partial charge on any atom is -0.456 e. The normalized spacial score (nSPS) is 12.3. The van der Waals surface area contributed by atoms with Gasteiger partial charge in [0.25, 0.3) is 0 Å². The number of nitrogens with zero attached hydrogens (tertiary/aromatic N) is 4. The molecule has 0 atom stereocenters. The number of fused-ring (bicyclic) bond motifs is 8. The largest absolute Gasteiger partial charge is 0.456 e. The van der Waals surface area contributed by atoms with Crippen molar-refractivity contribution in [1.29, 1.82) is 0 Å². The topological polar surface area (TPSA) is 47.1 Å². The van der Waals surface area contributed by atoms with Gasteiger partial charge in [-0.1, -0.05) is 140 Å². The molecule has 1 aliphatic rings. The second-order valence-electron chi connectivity index (χ2n) is 15.0. The van der Waals surface area contributed by atoms with Crippen molar-refractivity contribution in [2.45, 2.75) is 0 Å². The van der Waals surface area contributed by atoms with Crippen LogP contribution in [0.5, 0.6) is 0 Å². The van der Waals surface area contributed by atoms with E-state index in [-0.39, 0.29) is 0 Å². The molecular weight excluding hydrogens is 721 g/mol. The maximum atomic E-state index is 6.42. The standard InChI is InChI=1S/C54H34N4O/c1-4-14-35(15-5-1)46-34-53(56-54(55-46)36-16-6-2-7-17-36)58-47-28-26-37(30-39(47)24-25-40-32-52-45(33-50(40)58)43-21-11-13-23-51(43)59-52)38-27-29-49-44(31-38)42-20-10-12-22-48(42)57(49)41-18-8-3-9-19-41/h1-34H. The van der Waals surface area contributed by atoms with Gasteiger partial charge in [-0.3, -0.25) is 4.90 Å². The number of furan rings is 1. The summed E-state index contributed by atoms with van der Waals surface area (Å²) in [7, 11) is 0. The van der Waals surface area contributed by atoms with Crippen molar-refractivity contribution in [2.75, 3.05) is 4.90 Å². The highest BCUT2D eigenvalue weighted by molar-refractivity contribution is 6.11. The van der Waals surface area contributed by atoms with Crippen LogP contribution in [0.3, 0.4) is 0 Å². The third-order valence-electron chi connectivity index (χ3n) is 11.5. The number of anilines is 3. The van der Waals surface area contributed by atoms with Gasteiger partial charge in [0.2, 0.25) is 0 Å². The average Bonchev–Trinajstić information content (AvgIpc) is 3.78. The number of aromatic nitrogens is 3. The molecule has 0 saturated heterocycles. The molecule has 5 nitrogen and oxygen atoms in total.